The average molecular weight is 236 g/mol. The summed E-state index contributed by atoms with van der Waals surface area (Å²) in [4.78, 5) is 12.1. The zero-order valence-electron chi connectivity index (χ0n) is 11.3. The molecular formula is C15H24O2. The molecule has 0 bridgehead atoms. The number of allylic oxidation sites excluding steroid dienone is 3. The Labute approximate surface area is 105 Å². The van der Waals surface area contributed by atoms with Crippen molar-refractivity contribution in [1.82, 2.24) is 0 Å². The van der Waals surface area contributed by atoms with Crippen LogP contribution in [0.4, 0.5) is 0 Å². The number of unbranched alkanes of at least 4 members (excludes halogenated alkanes) is 1. The summed E-state index contributed by atoms with van der Waals surface area (Å²) in [7, 11) is 0. The van der Waals surface area contributed by atoms with Crippen LogP contribution in [0.25, 0.3) is 0 Å². The van der Waals surface area contributed by atoms with Crippen LogP contribution >= 0.6 is 0 Å². The minimum atomic E-state index is 0.0114. The van der Waals surface area contributed by atoms with E-state index in [1.165, 1.54) is 0 Å². The molecule has 17 heavy (non-hydrogen) atoms. The Bertz CT molecular complexity index is 313. The van der Waals surface area contributed by atoms with Gasteiger partial charge in [0, 0.05) is 18.4 Å². The topological polar surface area (TPSA) is 26.3 Å². The molecule has 0 spiro atoms. The second-order valence-electron chi connectivity index (χ2n) is 5.38. The second kappa shape index (κ2) is 6.04. The fourth-order valence-corrected chi connectivity index (χ4v) is 2.55. The first-order valence-corrected chi connectivity index (χ1v) is 6.49. The Morgan fingerprint density at radius 1 is 1.59 bits per heavy atom. The van der Waals surface area contributed by atoms with Crippen molar-refractivity contribution in [2.24, 2.45) is 11.3 Å². The first-order valence-electron chi connectivity index (χ1n) is 6.49. The highest BCUT2D eigenvalue weighted by Gasteiger charge is 2.38. The molecule has 0 aromatic rings. The lowest BCUT2D eigenvalue weighted by Gasteiger charge is -2.36. The Hall–Kier alpha value is -1.05. The normalized spacial score (nSPS) is 23.1. The summed E-state index contributed by atoms with van der Waals surface area (Å²) < 4.78 is 5.49. The van der Waals surface area contributed by atoms with Crippen LogP contribution in [0.1, 0.15) is 46.5 Å². The van der Waals surface area contributed by atoms with Crippen LogP contribution in [0.3, 0.4) is 0 Å². The van der Waals surface area contributed by atoms with Gasteiger partial charge in [0.05, 0.1) is 6.61 Å². The van der Waals surface area contributed by atoms with Gasteiger partial charge in [-0.15, -0.1) is 6.58 Å². The van der Waals surface area contributed by atoms with Gasteiger partial charge in [-0.1, -0.05) is 19.9 Å². The van der Waals surface area contributed by atoms with E-state index >= 15 is 0 Å². The van der Waals surface area contributed by atoms with Crippen LogP contribution in [0.2, 0.25) is 0 Å². The van der Waals surface area contributed by atoms with Gasteiger partial charge in [-0.2, -0.15) is 0 Å². The molecule has 2 nitrogen and oxygen atoms in total. The van der Waals surface area contributed by atoms with Crippen molar-refractivity contribution in [3.8, 4) is 0 Å². The summed E-state index contributed by atoms with van der Waals surface area (Å²) in [5.74, 6) is 1.21. The predicted molar refractivity (Wildman–Crippen MR) is 70.7 cm³/mol. The number of ketones is 1. The maximum atomic E-state index is 12.1. The first-order chi connectivity index (χ1) is 8.01. The maximum Gasteiger partial charge on any atom is 0.162 e. The smallest absolute Gasteiger partial charge is 0.162 e. The molecule has 0 aromatic heterocycles. The van der Waals surface area contributed by atoms with Gasteiger partial charge in [-0.25, -0.2) is 0 Å². The number of ether oxygens (including phenoxy) is 1. The number of hydrogen-bond donors (Lipinski definition) is 0. The van der Waals surface area contributed by atoms with Crippen LogP contribution in [0.15, 0.2) is 24.5 Å². The standard InChI is InChI=1S/C15H24O2/c1-5-7-8-9-13-14(16)10-12(17-6-2)11-15(13,3)4/h5,10,13H,1,6-9,11H2,2-4H3. The van der Waals surface area contributed by atoms with Crippen LogP contribution in [0, 0.1) is 11.3 Å². The molecule has 0 N–H and O–H groups in total. The summed E-state index contributed by atoms with van der Waals surface area (Å²) in [5, 5.41) is 0. The van der Waals surface area contributed by atoms with E-state index in [0.29, 0.717) is 6.61 Å². The van der Waals surface area contributed by atoms with Gasteiger partial charge in [0.25, 0.3) is 0 Å². The molecule has 0 aliphatic heterocycles. The van der Waals surface area contributed by atoms with Crippen molar-refractivity contribution >= 4 is 5.78 Å². The number of carbonyl (C=O) groups excluding carboxylic acids is 1. The van der Waals surface area contributed by atoms with Crippen LogP contribution in [0.5, 0.6) is 0 Å². The van der Waals surface area contributed by atoms with Crippen molar-refractivity contribution in [3.05, 3.63) is 24.5 Å². The molecule has 0 saturated heterocycles. The van der Waals surface area contributed by atoms with Gasteiger partial charge in [-0.05, 0) is 31.6 Å². The van der Waals surface area contributed by atoms with E-state index in [-0.39, 0.29) is 17.1 Å². The van der Waals surface area contributed by atoms with Gasteiger partial charge < -0.3 is 4.74 Å². The quantitative estimate of drug-likeness (QED) is 0.517. The molecule has 96 valence electrons. The van der Waals surface area contributed by atoms with E-state index in [9.17, 15) is 4.79 Å². The third kappa shape index (κ3) is 3.72. The maximum absolute atomic E-state index is 12.1. The molecule has 0 fully saturated rings. The van der Waals surface area contributed by atoms with E-state index in [2.05, 4.69) is 20.4 Å². The fraction of sp³-hybridized carbons (Fsp3) is 0.667. The summed E-state index contributed by atoms with van der Waals surface area (Å²) >= 11 is 0. The van der Waals surface area contributed by atoms with Gasteiger partial charge >= 0.3 is 0 Å². The molecule has 0 saturated carbocycles. The summed E-state index contributed by atoms with van der Waals surface area (Å²) in [6, 6.07) is 0. The van der Waals surface area contributed by atoms with Crippen molar-refractivity contribution in [3.63, 3.8) is 0 Å². The predicted octanol–water partition coefficient (Wildman–Crippen LogP) is 3.88. The van der Waals surface area contributed by atoms with Gasteiger partial charge in [0.1, 0.15) is 5.76 Å². The van der Waals surface area contributed by atoms with Gasteiger partial charge in [0.15, 0.2) is 5.78 Å². The summed E-state index contributed by atoms with van der Waals surface area (Å²) in [5.41, 5.74) is 0.0114. The van der Waals surface area contributed by atoms with Gasteiger partial charge in [0.2, 0.25) is 0 Å². The number of rotatable bonds is 6. The zero-order chi connectivity index (χ0) is 12.9. The highest BCUT2D eigenvalue weighted by Crippen LogP contribution is 2.41. The Balaban J connectivity index is 2.71. The molecule has 2 heteroatoms. The minimum absolute atomic E-state index is 0.0114. The minimum Gasteiger partial charge on any atom is -0.498 e. The van der Waals surface area contributed by atoms with E-state index in [4.69, 9.17) is 4.74 Å². The largest absolute Gasteiger partial charge is 0.498 e. The monoisotopic (exact) mass is 236 g/mol. The van der Waals surface area contributed by atoms with Crippen LogP contribution in [-0.4, -0.2) is 12.4 Å². The molecule has 0 amide bonds. The van der Waals surface area contributed by atoms with E-state index in [1.807, 2.05) is 13.0 Å². The molecule has 1 rings (SSSR count). The number of hydrogen-bond acceptors (Lipinski definition) is 2. The van der Waals surface area contributed by atoms with E-state index in [0.717, 1.165) is 31.4 Å². The summed E-state index contributed by atoms with van der Waals surface area (Å²) in [6.07, 6.45) is 7.47. The molecule has 0 aromatic carbocycles. The lowest BCUT2D eigenvalue weighted by Crippen LogP contribution is -2.34. The molecule has 1 aliphatic carbocycles. The van der Waals surface area contributed by atoms with Crippen LogP contribution in [-0.2, 0) is 9.53 Å². The van der Waals surface area contributed by atoms with Crippen molar-refractivity contribution in [1.29, 1.82) is 0 Å². The fourth-order valence-electron chi connectivity index (χ4n) is 2.55. The zero-order valence-corrected chi connectivity index (χ0v) is 11.3. The van der Waals surface area contributed by atoms with Crippen molar-refractivity contribution in [2.75, 3.05) is 6.61 Å². The van der Waals surface area contributed by atoms with Crippen LogP contribution < -0.4 is 0 Å². The molecule has 0 heterocycles. The highest BCUT2D eigenvalue weighted by molar-refractivity contribution is 5.93. The number of carbonyl (C=O) groups is 1. The first kappa shape index (κ1) is 14.0. The molecule has 0 radical (unpaired) electrons. The molecule has 1 unspecified atom stereocenters. The molecular weight excluding hydrogens is 212 g/mol. The Morgan fingerprint density at radius 3 is 2.82 bits per heavy atom. The molecule has 1 aliphatic rings. The summed E-state index contributed by atoms with van der Waals surface area (Å²) in [6.45, 7) is 10.6. The Morgan fingerprint density at radius 2 is 2.29 bits per heavy atom. The van der Waals surface area contributed by atoms with Crippen molar-refractivity contribution in [2.45, 2.75) is 46.5 Å². The van der Waals surface area contributed by atoms with Crippen molar-refractivity contribution < 1.29 is 9.53 Å². The van der Waals surface area contributed by atoms with Gasteiger partial charge in [-0.3, -0.25) is 4.79 Å². The Kier molecular flexibility index (Phi) is 4.98. The molecule has 1 atom stereocenters. The highest BCUT2D eigenvalue weighted by atomic mass is 16.5. The lowest BCUT2D eigenvalue weighted by atomic mass is 9.68. The van der Waals surface area contributed by atoms with E-state index < -0.39 is 0 Å². The third-order valence-electron chi connectivity index (χ3n) is 3.45. The third-order valence-corrected chi connectivity index (χ3v) is 3.45. The van der Waals surface area contributed by atoms with E-state index in [1.54, 1.807) is 6.08 Å². The second-order valence-corrected chi connectivity index (χ2v) is 5.38. The average Bonchev–Trinajstić information content (AvgIpc) is 2.22. The SMILES string of the molecule is C=CCCCC1C(=O)C=C(OCC)CC1(C)C. The lowest BCUT2D eigenvalue weighted by molar-refractivity contribution is -0.123.